The van der Waals surface area contributed by atoms with Crippen molar-refractivity contribution in [2.75, 3.05) is 20.7 Å². The Balaban J connectivity index is 0.000000926. The average molecular weight is 576 g/mol. The van der Waals surface area contributed by atoms with Gasteiger partial charge in [0.05, 0.1) is 24.8 Å². The molecule has 0 aromatic heterocycles. The van der Waals surface area contributed by atoms with Crippen LogP contribution in [0.1, 0.15) is 33.1 Å². The summed E-state index contributed by atoms with van der Waals surface area (Å²) in [6.07, 6.45) is -4.22. The molecule has 226 valence electrons. The minimum absolute atomic E-state index is 0.0620. The third-order valence-corrected chi connectivity index (χ3v) is 7.24. The van der Waals surface area contributed by atoms with E-state index in [1.807, 2.05) is 14.0 Å². The molecule has 3 aliphatic rings. The maximum Gasteiger partial charge on any atom is 0.394 e. The molecule has 0 aromatic carbocycles. The van der Waals surface area contributed by atoms with Crippen molar-refractivity contribution in [3.05, 3.63) is 0 Å². The minimum Gasteiger partial charge on any atom is -0.388 e. The van der Waals surface area contributed by atoms with E-state index in [1.54, 1.807) is 14.0 Å². The summed E-state index contributed by atoms with van der Waals surface area (Å²) in [6, 6.07) is -2.11. The van der Waals surface area contributed by atoms with Crippen LogP contribution in [0.25, 0.3) is 0 Å². The molecule has 16 nitrogen and oxygen atoms in total. The van der Waals surface area contributed by atoms with Crippen LogP contribution in [0.2, 0.25) is 0 Å². The number of nitrogens with two attached hydrogens (primary N) is 3. The maximum atomic E-state index is 11.1. The van der Waals surface area contributed by atoms with Crippen molar-refractivity contribution >= 4 is 10.4 Å². The molecule has 38 heavy (non-hydrogen) atoms. The van der Waals surface area contributed by atoms with Gasteiger partial charge in [-0.05, 0) is 47.2 Å². The Bertz CT molecular complexity index is 832. The molecule has 13 N–H and O–H groups in total. The highest BCUT2D eigenvalue weighted by Gasteiger charge is 2.50. The van der Waals surface area contributed by atoms with Gasteiger partial charge in [-0.15, -0.1) is 0 Å². The summed E-state index contributed by atoms with van der Waals surface area (Å²) in [6.45, 7) is 3.52. The first kappa shape index (κ1) is 33.6. The Hall–Kier alpha value is -0.610. The van der Waals surface area contributed by atoms with Crippen LogP contribution >= 0.6 is 0 Å². The Morgan fingerprint density at radius 3 is 2.00 bits per heavy atom. The van der Waals surface area contributed by atoms with Gasteiger partial charge in [-0.25, -0.2) is 0 Å². The van der Waals surface area contributed by atoms with E-state index in [2.05, 4.69) is 10.6 Å². The average Bonchev–Trinajstić information content (AvgIpc) is 2.80. The summed E-state index contributed by atoms with van der Waals surface area (Å²) >= 11 is 0. The Kier molecular flexibility index (Phi) is 12.2. The number of hydrogen-bond donors (Lipinski definition) is 10. The van der Waals surface area contributed by atoms with Crippen LogP contribution in [0.15, 0.2) is 0 Å². The Labute approximate surface area is 223 Å². The van der Waals surface area contributed by atoms with Gasteiger partial charge in [0.1, 0.15) is 30.0 Å². The molecule has 3 rings (SSSR count). The number of hydrogen-bond acceptors (Lipinski definition) is 14. The van der Waals surface area contributed by atoms with Gasteiger partial charge in [-0.3, -0.25) is 9.11 Å². The summed E-state index contributed by atoms with van der Waals surface area (Å²) in [5, 5.41) is 38.3. The van der Waals surface area contributed by atoms with E-state index in [0.29, 0.717) is 12.8 Å². The summed E-state index contributed by atoms with van der Waals surface area (Å²) in [5.41, 5.74) is 17.5. The first-order valence-electron chi connectivity index (χ1n) is 12.5. The van der Waals surface area contributed by atoms with Crippen molar-refractivity contribution in [1.82, 2.24) is 10.6 Å². The topological polar surface area (TPSA) is 274 Å². The molecule has 0 bridgehead atoms. The number of likely N-dealkylation sites (N-methyl/N-ethyl adjacent to an activating group) is 2. The van der Waals surface area contributed by atoms with E-state index >= 15 is 0 Å². The molecule has 2 aliphatic heterocycles. The lowest BCUT2D eigenvalue weighted by Gasteiger charge is -2.48. The van der Waals surface area contributed by atoms with Crippen LogP contribution in [0.5, 0.6) is 0 Å². The van der Waals surface area contributed by atoms with Crippen LogP contribution < -0.4 is 27.8 Å². The normalized spacial score (nSPS) is 45.1. The van der Waals surface area contributed by atoms with Crippen LogP contribution in [0, 0.1) is 0 Å². The smallest absolute Gasteiger partial charge is 0.388 e. The molecule has 13 atom stereocenters. The lowest BCUT2D eigenvalue weighted by atomic mass is 9.84. The molecule has 17 heteroatoms. The molecule has 1 saturated carbocycles. The molecule has 2 saturated heterocycles. The van der Waals surface area contributed by atoms with Crippen molar-refractivity contribution in [1.29, 1.82) is 0 Å². The quantitative estimate of drug-likeness (QED) is 0.130. The van der Waals surface area contributed by atoms with Crippen LogP contribution in [-0.2, 0) is 29.3 Å². The zero-order chi connectivity index (χ0) is 29.0. The van der Waals surface area contributed by atoms with Gasteiger partial charge in [0.25, 0.3) is 0 Å². The van der Waals surface area contributed by atoms with Gasteiger partial charge in [0.15, 0.2) is 12.6 Å². The lowest BCUT2D eigenvalue weighted by Crippen LogP contribution is -2.68. The van der Waals surface area contributed by atoms with E-state index in [-0.39, 0.29) is 24.8 Å². The molecule has 0 spiro atoms. The molecule has 0 radical (unpaired) electrons. The highest BCUT2D eigenvalue weighted by atomic mass is 32.3. The monoisotopic (exact) mass is 575 g/mol. The fourth-order valence-corrected chi connectivity index (χ4v) is 5.04. The molecule has 0 aromatic rings. The summed E-state index contributed by atoms with van der Waals surface area (Å²) in [5.74, 6) is 0. The van der Waals surface area contributed by atoms with Crippen LogP contribution in [-0.4, -0.2) is 132 Å². The van der Waals surface area contributed by atoms with E-state index in [1.165, 1.54) is 0 Å². The summed E-state index contributed by atoms with van der Waals surface area (Å²) in [4.78, 5) is 0. The lowest BCUT2D eigenvalue weighted by molar-refractivity contribution is -0.307. The fraction of sp³-hybridized carbons (Fsp3) is 1.00. The second-order valence-corrected chi connectivity index (χ2v) is 11.3. The molecular formula is C21H45N5O11S. The zero-order valence-corrected chi connectivity index (χ0v) is 22.9. The third kappa shape index (κ3) is 8.95. The van der Waals surface area contributed by atoms with Gasteiger partial charge in [-0.2, -0.15) is 8.42 Å². The molecule has 0 unspecified atom stereocenters. The maximum absolute atomic E-state index is 11.1. The summed E-state index contributed by atoms with van der Waals surface area (Å²) in [7, 11) is -1.17. The number of aliphatic hydroxyl groups is 3. The molecule has 2 heterocycles. The van der Waals surface area contributed by atoms with Gasteiger partial charge < -0.3 is 62.1 Å². The fourth-order valence-electron chi connectivity index (χ4n) is 5.04. The second-order valence-electron chi connectivity index (χ2n) is 10.4. The van der Waals surface area contributed by atoms with Crippen LogP contribution in [0.3, 0.4) is 0 Å². The van der Waals surface area contributed by atoms with Crippen molar-refractivity contribution < 1.29 is 51.8 Å². The van der Waals surface area contributed by atoms with Gasteiger partial charge in [0.2, 0.25) is 0 Å². The molecule has 1 aliphatic carbocycles. The predicted octanol–water partition coefficient (Wildman–Crippen LogP) is -3.98. The van der Waals surface area contributed by atoms with Gasteiger partial charge >= 0.3 is 10.4 Å². The van der Waals surface area contributed by atoms with Gasteiger partial charge in [0, 0.05) is 18.1 Å². The second kappa shape index (κ2) is 13.8. The van der Waals surface area contributed by atoms with Crippen molar-refractivity contribution in [3.8, 4) is 0 Å². The number of rotatable bonds is 7. The standard InChI is InChI=1S/C21H43N5O7.H2O4S/c1-9(25-3)13-6-5-10(22)19(31-13)32-16-11(23)7-12(24)17(14(16)27)33-20-15(28)18(26-4)21(2,29)8-30-20;1-5(2,3)4/h9-20,25-29H,5-8,22-24H2,1-4H3;(H2,1,2,3,4)/t9-,10-,11+,12-,13+,14+,15-,16-,17+,18-,19-,20-,21+;/m1./s1. The first-order valence-corrected chi connectivity index (χ1v) is 13.9. The highest BCUT2D eigenvalue weighted by Crippen LogP contribution is 2.31. The van der Waals surface area contributed by atoms with E-state index in [4.69, 9.17) is 53.7 Å². The molecule has 0 amide bonds. The van der Waals surface area contributed by atoms with E-state index < -0.39 is 71.1 Å². The van der Waals surface area contributed by atoms with E-state index in [9.17, 15) is 15.3 Å². The number of ether oxygens (including phenoxy) is 4. The largest absolute Gasteiger partial charge is 0.394 e. The van der Waals surface area contributed by atoms with Crippen molar-refractivity contribution in [2.45, 2.75) is 112 Å². The molecular weight excluding hydrogens is 530 g/mol. The Morgan fingerprint density at radius 2 is 1.50 bits per heavy atom. The Morgan fingerprint density at radius 1 is 0.974 bits per heavy atom. The number of nitrogens with one attached hydrogen (secondary N) is 2. The van der Waals surface area contributed by atoms with Crippen molar-refractivity contribution in [3.63, 3.8) is 0 Å². The molecule has 3 fully saturated rings. The summed E-state index contributed by atoms with van der Waals surface area (Å²) < 4.78 is 55.3. The van der Waals surface area contributed by atoms with Crippen molar-refractivity contribution in [2.24, 2.45) is 17.2 Å². The van der Waals surface area contributed by atoms with Gasteiger partial charge in [-0.1, -0.05) is 0 Å². The number of aliphatic hydroxyl groups excluding tert-OH is 2. The first-order chi connectivity index (χ1) is 17.5. The third-order valence-electron chi connectivity index (χ3n) is 7.24. The zero-order valence-electron chi connectivity index (χ0n) is 22.1. The predicted molar refractivity (Wildman–Crippen MR) is 134 cm³/mol. The highest BCUT2D eigenvalue weighted by molar-refractivity contribution is 7.79. The van der Waals surface area contributed by atoms with Crippen LogP contribution in [0.4, 0.5) is 0 Å². The SMILES string of the molecule is CN[C@@H]1[C@@H](O)[C@@H](O[C@@H]2[C@@H](O)[C@H](O[C@H]3O[C@H]([C@@H](C)NC)CC[C@H]3N)[C@@H](N)C[C@H]2N)OC[C@]1(C)O.O=S(=O)(O)O. The van der Waals surface area contributed by atoms with E-state index in [0.717, 1.165) is 6.42 Å². The minimum atomic E-state index is -4.67.